The van der Waals surface area contributed by atoms with Crippen LogP contribution in [0, 0.1) is 13.8 Å². The molecule has 1 N–H and O–H groups in total. The highest BCUT2D eigenvalue weighted by Crippen LogP contribution is 2.31. The fourth-order valence-corrected chi connectivity index (χ4v) is 3.02. The van der Waals surface area contributed by atoms with Crippen molar-refractivity contribution in [3.05, 3.63) is 71.5 Å². The number of aryl methyl sites for hydroxylation is 2. The lowest BCUT2D eigenvalue weighted by Gasteiger charge is -2.25. The van der Waals surface area contributed by atoms with E-state index >= 15 is 0 Å². The van der Waals surface area contributed by atoms with Crippen LogP contribution in [0.1, 0.15) is 21.7 Å². The molecule has 1 amide bonds. The monoisotopic (exact) mass is 377 g/mol. The summed E-state index contributed by atoms with van der Waals surface area (Å²) in [6, 6.07) is 15.7. The first-order valence-electron chi connectivity index (χ1n) is 8.88. The Balaban J connectivity index is 1.43. The van der Waals surface area contributed by atoms with E-state index in [1.54, 1.807) is 36.4 Å². The van der Waals surface area contributed by atoms with Gasteiger partial charge in [-0.3, -0.25) is 9.59 Å². The maximum absolute atomic E-state index is 12.6. The van der Waals surface area contributed by atoms with Gasteiger partial charge in [0.25, 0.3) is 11.8 Å². The molecule has 2 heterocycles. The summed E-state index contributed by atoms with van der Waals surface area (Å²) in [7, 11) is 0. The number of rotatable bonds is 3. The number of aromatic nitrogens is 2. The zero-order valence-corrected chi connectivity index (χ0v) is 15.5. The van der Waals surface area contributed by atoms with Crippen molar-refractivity contribution < 1.29 is 19.1 Å². The molecule has 0 saturated carbocycles. The van der Waals surface area contributed by atoms with Crippen LogP contribution in [0.2, 0.25) is 0 Å². The minimum absolute atomic E-state index is 0.136. The molecule has 1 aliphatic heterocycles. The predicted octanol–water partition coefficient (Wildman–Crippen LogP) is 2.97. The lowest BCUT2D eigenvalue weighted by Crippen LogP contribution is -2.40. The fourth-order valence-electron chi connectivity index (χ4n) is 3.02. The summed E-state index contributed by atoms with van der Waals surface area (Å²) in [6.45, 7) is 3.80. The number of carbonyl (C=O) groups is 2. The Labute approximate surface area is 161 Å². The second kappa shape index (κ2) is 7.19. The lowest BCUT2D eigenvalue weighted by atomic mass is 10.2. The third-order valence-corrected chi connectivity index (χ3v) is 4.40. The molecule has 28 heavy (non-hydrogen) atoms. The smallest absolute Gasteiger partial charge is 0.278 e. The molecule has 0 radical (unpaired) electrons. The summed E-state index contributed by atoms with van der Waals surface area (Å²) in [5.74, 6) is 0.634. The highest BCUT2D eigenvalue weighted by Gasteiger charge is 2.27. The zero-order valence-electron chi connectivity index (χ0n) is 15.5. The Morgan fingerprint density at radius 1 is 1.07 bits per heavy atom. The summed E-state index contributed by atoms with van der Waals surface area (Å²) >= 11 is 0. The van der Waals surface area contributed by atoms with Gasteiger partial charge in [0, 0.05) is 16.9 Å². The van der Waals surface area contributed by atoms with Crippen LogP contribution in [0.25, 0.3) is 0 Å². The highest BCUT2D eigenvalue weighted by molar-refractivity contribution is 5.98. The van der Waals surface area contributed by atoms with E-state index in [0.717, 1.165) is 11.4 Å². The molecule has 0 spiro atoms. The van der Waals surface area contributed by atoms with Crippen LogP contribution in [-0.2, 0) is 4.79 Å². The Kier molecular flexibility index (Phi) is 4.57. The number of ether oxygens (including phenoxy) is 2. The van der Waals surface area contributed by atoms with Crippen LogP contribution in [0.5, 0.6) is 11.5 Å². The van der Waals surface area contributed by atoms with Crippen molar-refractivity contribution >= 4 is 17.5 Å². The van der Waals surface area contributed by atoms with Crippen molar-refractivity contribution in [2.75, 3.05) is 11.9 Å². The molecule has 0 unspecified atom stereocenters. The topological polar surface area (TPSA) is 82.5 Å². The van der Waals surface area contributed by atoms with E-state index < -0.39 is 6.10 Å². The lowest BCUT2D eigenvalue weighted by molar-refractivity contribution is -0.125. The van der Waals surface area contributed by atoms with Crippen molar-refractivity contribution in [3.8, 4) is 11.5 Å². The predicted molar refractivity (Wildman–Crippen MR) is 103 cm³/mol. The first kappa shape index (κ1) is 17.8. The quantitative estimate of drug-likeness (QED) is 0.759. The second-order valence-corrected chi connectivity index (χ2v) is 6.57. The van der Waals surface area contributed by atoms with E-state index in [9.17, 15) is 9.59 Å². The summed E-state index contributed by atoms with van der Waals surface area (Å²) < 4.78 is 12.6. The van der Waals surface area contributed by atoms with Gasteiger partial charge in [0.15, 0.2) is 11.5 Å². The maximum atomic E-state index is 12.6. The Bertz CT molecular complexity index is 1040. The summed E-state index contributed by atoms with van der Waals surface area (Å²) in [5, 5.41) is 6.99. The van der Waals surface area contributed by atoms with Crippen LogP contribution in [-0.4, -0.2) is 34.3 Å². The molecule has 142 valence electrons. The third kappa shape index (κ3) is 3.46. The van der Waals surface area contributed by atoms with E-state index in [0.29, 0.717) is 22.7 Å². The number of hydrogen-bond donors (Lipinski definition) is 1. The van der Waals surface area contributed by atoms with Crippen molar-refractivity contribution in [1.82, 2.24) is 9.78 Å². The number of benzene rings is 2. The number of nitrogens with one attached hydrogen (secondary N) is 1. The molecule has 0 saturated heterocycles. The summed E-state index contributed by atoms with van der Waals surface area (Å²) in [6.07, 6.45) is -0.745. The highest BCUT2D eigenvalue weighted by atomic mass is 16.6. The minimum atomic E-state index is -0.745. The van der Waals surface area contributed by atoms with Crippen LogP contribution in [0.4, 0.5) is 5.69 Å². The number of para-hydroxylation sites is 2. The number of anilines is 1. The van der Waals surface area contributed by atoms with Gasteiger partial charge < -0.3 is 14.8 Å². The maximum Gasteiger partial charge on any atom is 0.278 e. The zero-order chi connectivity index (χ0) is 19.7. The van der Waals surface area contributed by atoms with Gasteiger partial charge in [-0.1, -0.05) is 12.1 Å². The number of amides is 1. The van der Waals surface area contributed by atoms with Gasteiger partial charge >= 0.3 is 0 Å². The van der Waals surface area contributed by atoms with Gasteiger partial charge in [0.1, 0.15) is 6.61 Å². The Morgan fingerprint density at radius 2 is 1.79 bits per heavy atom. The van der Waals surface area contributed by atoms with E-state index in [2.05, 4.69) is 10.4 Å². The average Bonchev–Trinajstić information content (AvgIpc) is 3.05. The molecule has 1 aromatic heterocycles. The number of nitrogens with zero attached hydrogens (tertiary/aromatic N) is 2. The molecule has 1 aliphatic rings. The van der Waals surface area contributed by atoms with Gasteiger partial charge in [-0.05, 0) is 56.3 Å². The molecule has 0 fully saturated rings. The van der Waals surface area contributed by atoms with E-state index in [4.69, 9.17) is 9.47 Å². The first-order valence-corrected chi connectivity index (χ1v) is 8.88. The molecule has 4 rings (SSSR count). The minimum Gasteiger partial charge on any atom is -0.485 e. The average molecular weight is 377 g/mol. The molecule has 2 aromatic carbocycles. The molecule has 0 bridgehead atoms. The molecule has 7 nitrogen and oxygen atoms in total. The van der Waals surface area contributed by atoms with E-state index in [-0.39, 0.29) is 18.4 Å². The molecule has 3 aromatic rings. The molecule has 7 heteroatoms. The molecule has 1 atom stereocenters. The number of carbonyl (C=O) groups excluding carboxylic acids is 2. The number of hydrogen-bond acceptors (Lipinski definition) is 5. The van der Waals surface area contributed by atoms with Crippen molar-refractivity contribution in [3.63, 3.8) is 0 Å². The van der Waals surface area contributed by atoms with Gasteiger partial charge in [0.2, 0.25) is 6.10 Å². The van der Waals surface area contributed by atoms with E-state index in [1.165, 1.54) is 4.68 Å². The van der Waals surface area contributed by atoms with Gasteiger partial charge in [-0.25, -0.2) is 4.68 Å². The molecule has 0 aliphatic carbocycles. The molecular formula is C21H19N3O4. The second-order valence-electron chi connectivity index (χ2n) is 6.57. The normalized spacial score (nSPS) is 15.1. The van der Waals surface area contributed by atoms with Crippen LogP contribution in [0.15, 0.2) is 54.6 Å². The Morgan fingerprint density at radius 3 is 2.46 bits per heavy atom. The van der Waals surface area contributed by atoms with Gasteiger partial charge in [0.05, 0.1) is 5.69 Å². The van der Waals surface area contributed by atoms with Gasteiger partial charge in [-0.15, -0.1) is 0 Å². The first-order chi connectivity index (χ1) is 13.5. The number of fused-ring (bicyclic) bond motifs is 1. The largest absolute Gasteiger partial charge is 0.485 e. The molecular weight excluding hydrogens is 358 g/mol. The van der Waals surface area contributed by atoms with Crippen molar-refractivity contribution in [1.29, 1.82) is 0 Å². The Hall–Kier alpha value is -3.61. The van der Waals surface area contributed by atoms with Crippen LogP contribution in [0.3, 0.4) is 0 Å². The van der Waals surface area contributed by atoms with Crippen molar-refractivity contribution in [2.45, 2.75) is 20.0 Å². The standard InChI is InChI=1S/C21H19N3O4/c1-13-11-14(2)24(23-13)21(26)15-7-9-16(10-8-15)22-20(25)19-12-27-17-5-3-4-6-18(17)28-19/h3-11,19H,12H2,1-2H3,(H,22,25)/t19-/m0/s1. The summed E-state index contributed by atoms with van der Waals surface area (Å²) in [5.41, 5.74) is 2.60. The van der Waals surface area contributed by atoms with Crippen LogP contribution < -0.4 is 14.8 Å². The van der Waals surface area contributed by atoms with Crippen molar-refractivity contribution in [2.24, 2.45) is 0 Å². The van der Waals surface area contributed by atoms with Crippen LogP contribution >= 0.6 is 0 Å². The summed E-state index contributed by atoms with van der Waals surface area (Å²) in [4.78, 5) is 25.0. The van der Waals surface area contributed by atoms with Gasteiger partial charge in [-0.2, -0.15) is 5.10 Å². The van der Waals surface area contributed by atoms with E-state index in [1.807, 2.05) is 32.0 Å². The third-order valence-electron chi connectivity index (χ3n) is 4.40. The SMILES string of the molecule is Cc1cc(C)n(C(=O)c2ccc(NC(=O)[C@@H]3COc4ccccc4O3)cc2)n1. The fraction of sp³-hybridized carbons (Fsp3) is 0.190.